The summed E-state index contributed by atoms with van der Waals surface area (Å²) in [7, 11) is 0. The minimum Gasteiger partial charge on any atom is -0.292 e. The highest BCUT2D eigenvalue weighted by atomic mass is 35.5. The lowest BCUT2D eigenvalue weighted by Crippen LogP contribution is -2.60. The minimum atomic E-state index is -2.20. The van der Waals surface area contributed by atoms with E-state index >= 15 is 0 Å². The van der Waals surface area contributed by atoms with Crippen molar-refractivity contribution >= 4 is 140 Å². The SMILES string of the molecule is O=C(c1ccc(Cl)cc1)[C@H](CCCl)N(C(=O)c1ccc(Cl)c(Cl)c1)N1C(=O)[C@@H]2[C@H](C1=O)[C@@]1(Cl)C(Cl)=C(Cl)[C@@]2(Cl)C1(Cl)Cl. The lowest BCUT2D eigenvalue weighted by Gasteiger charge is -2.39. The first-order chi connectivity index (χ1) is 19.6. The number of rotatable bonds is 7. The third-order valence-electron chi connectivity index (χ3n) is 7.58. The second-order valence-corrected chi connectivity index (χ2v) is 14.6. The molecule has 2 aromatic rings. The molecule has 0 unspecified atom stereocenters. The molecular weight excluding hydrogens is 759 g/mol. The number of allylic oxidation sites excluding steroid dienone is 2. The summed E-state index contributed by atoms with van der Waals surface area (Å²) in [5.41, 5.74) is 0.0182. The topological polar surface area (TPSA) is 74.8 Å². The van der Waals surface area contributed by atoms with Gasteiger partial charge in [-0.3, -0.25) is 19.2 Å². The van der Waals surface area contributed by atoms with Crippen molar-refractivity contribution in [2.24, 2.45) is 11.8 Å². The highest BCUT2D eigenvalue weighted by molar-refractivity contribution is 6.67. The minimum absolute atomic E-state index is 0.00521. The highest BCUT2D eigenvalue weighted by Gasteiger charge is 2.88. The van der Waals surface area contributed by atoms with Crippen LogP contribution in [0.5, 0.6) is 0 Å². The Bertz CT molecular complexity index is 1540. The van der Waals surface area contributed by atoms with Gasteiger partial charge >= 0.3 is 0 Å². The van der Waals surface area contributed by atoms with Gasteiger partial charge in [-0.15, -0.1) is 34.8 Å². The third-order valence-corrected chi connectivity index (χ3v) is 13.1. The fraction of sp³-hybridized carbons (Fsp3) is 0.308. The summed E-state index contributed by atoms with van der Waals surface area (Å²) in [6.07, 6.45) is -0.185. The standard InChI is InChI=1S/C26H14Cl10N2O4/c27-8-7-15(18(39)10-1-4-12(28)5-2-10)37(21(40)11-3-6-13(29)14(30)9-11)38-22(41)16-17(23(38)42)25(34)20(32)19(31)24(16,33)26(25,35)36/h1-6,9,15-17H,7-8H2/t15-,16-,17+,24+,25+/m0/s1. The molecule has 6 nitrogen and oxygen atoms in total. The van der Waals surface area contributed by atoms with Crippen molar-refractivity contribution in [3.05, 3.63) is 78.7 Å². The molecule has 222 valence electrons. The van der Waals surface area contributed by atoms with Gasteiger partial charge in [0.2, 0.25) is 0 Å². The Morgan fingerprint density at radius 2 is 1.29 bits per heavy atom. The number of carbonyl (C=O) groups is 4. The van der Waals surface area contributed by atoms with Crippen LogP contribution in [0.1, 0.15) is 27.1 Å². The molecule has 0 aromatic heterocycles. The number of benzene rings is 2. The second kappa shape index (κ2) is 11.3. The quantitative estimate of drug-likeness (QED) is 0.161. The lowest BCUT2D eigenvalue weighted by atomic mass is 9.84. The van der Waals surface area contributed by atoms with Gasteiger partial charge in [-0.05, 0) is 48.9 Å². The number of fused-ring (bicyclic) bond motifs is 5. The normalized spacial score (nSPS) is 28.4. The lowest BCUT2D eigenvalue weighted by molar-refractivity contribution is -0.157. The van der Waals surface area contributed by atoms with Crippen molar-refractivity contribution in [3.8, 4) is 0 Å². The molecule has 2 aliphatic carbocycles. The van der Waals surface area contributed by atoms with Crippen LogP contribution in [0.25, 0.3) is 0 Å². The summed E-state index contributed by atoms with van der Waals surface area (Å²) in [6.45, 7) is 0. The van der Waals surface area contributed by atoms with E-state index in [0.29, 0.717) is 15.0 Å². The molecule has 3 amide bonds. The fourth-order valence-corrected chi connectivity index (χ4v) is 9.16. The number of halogens is 10. The first-order valence-electron chi connectivity index (χ1n) is 11.9. The van der Waals surface area contributed by atoms with Crippen LogP contribution in [0.2, 0.25) is 15.1 Å². The number of alkyl halides is 5. The first kappa shape index (κ1) is 32.7. The summed E-state index contributed by atoms with van der Waals surface area (Å²) in [5, 5.41) is 1.10. The van der Waals surface area contributed by atoms with Crippen molar-refractivity contribution in [1.29, 1.82) is 0 Å². The maximum Gasteiger partial charge on any atom is 0.273 e. The van der Waals surface area contributed by atoms with Crippen LogP contribution in [0.4, 0.5) is 0 Å². The summed E-state index contributed by atoms with van der Waals surface area (Å²) in [6, 6.07) is 8.19. The largest absolute Gasteiger partial charge is 0.292 e. The van der Waals surface area contributed by atoms with Crippen molar-refractivity contribution in [2.75, 3.05) is 5.88 Å². The van der Waals surface area contributed by atoms with E-state index in [0.717, 1.165) is 0 Å². The van der Waals surface area contributed by atoms with Crippen molar-refractivity contribution < 1.29 is 19.2 Å². The molecule has 5 rings (SSSR count). The number of Topliss-reactive ketones (excluding diaryl/α,β-unsaturated/α-hetero) is 1. The Labute approximate surface area is 289 Å². The summed E-state index contributed by atoms with van der Waals surface area (Å²) < 4.78 is -2.20. The number of hydrogen-bond acceptors (Lipinski definition) is 4. The van der Waals surface area contributed by atoms with Crippen LogP contribution >= 0.6 is 116 Å². The van der Waals surface area contributed by atoms with Crippen LogP contribution in [0.3, 0.4) is 0 Å². The average molecular weight is 773 g/mol. The van der Waals surface area contributed by atoms with Gasteiger partial charge in [0.25, 0.3) is 17.7 Å². The number of imide groups is 1. The summed E-state index contributed by atoms with van der Waals surface area (Å²) in [4.78, 5) is 52.2. The number of ketones is 1. The number of carbonyl (C=O) groups excluding carboxylic acids is 4. The number of hydrazine groups is 1. The molecular formula is C26H14Cl10N2O4. The number of hydrogen-bond donors (Lipinski definition) is 0. The molecule has 0 radical (unpaired) electrons. The zero-order chi connectivity index (χ0) is 31.1. The van der Waals surface area contributed by atoms with Gasteiger partial charge < -0.3 is 0 Å². The van der Waals surface area contributed by atoms with E-state index in [4.69, 9.17) is 116 Å². The molecule has 0 spiro atoms. The zero-order valence-corrected chi connectivity index (χ0v) is 28.1. The zero-order valence-electron chi connectivity index (χ0n) is 20.5. The van der Waals surface area contributed by atoms with Gasteiger partial charge in [0.05, 0.1) is 31.9 Å². The molecule has 5 atom stereocenters. The Kier molecular flexibility index (Phi) is 8.82. The van der Waals surface area contributed by atoms with E-state index in [1.54, 1.807) is 0 Å². The van der Waals surface area contributed by atoms with Gasteiger partial charge in [0.15, 0.2) is 10.1 Å². The molecule has 2 fully saturated rings. The van der Waals surface area contributed by atoms with Crippen molar-refractivity contribution in [3.63, 3.8) is 0 Å². The monoisotopic (exact) mass is 768 g/mol. The molecule has 2 aromatic carbocycles. The Morgan fingerprint density at radius 1 is 0.786 bits per heavy atom. The van der Waals surface area contributed by atoms with Crippen LogP contribution in [-0.4, -0.2) is 59.5 Å². The fourth-order valence-electron chi connectivity index (χ4n) is 5.60. The van der Waals surface area contributed by atoms with Gasteiger partial charge in [-0.2, -0.15) is 5.01 Å². The van der Waals surface area contributed by atoms with E-state index in [-0.39, 0.29) is 43.5 Å². The highest BCUT2D eigenvalue weighted by Crippen LogP contribution is 2.77. The molecule has 2 bridgehead atoms. The van der Waals surface area contributed by atoms with Gasteiger partial charge in [-0.25, -0.2) is 5.01 Å². The number of amides is 3. The van der Waals surface area contributed by atoms with Crippen molar-refractivity contribution in [1.82, 2.24) is 10.0 Å². The maximum absolute atomic E-state index is 14.2. The van der Waals surface area contributed by atoms with E-state index in [1.807, 2.05) is 0 Å². The second-order valence-electron chi connectivity index (χ2n) is 9.71. The maximum atomic E-state index is 14.2. The summed E-state index contributed by atoms with van der Waals surface area (Å²) >= 11 is 64.0. The van der Waals surface area contributed by atoms with Crippen molar-refractivity contribution in [2.45, 2.75) is 26.5 Å². The van der Waals surface area contributed by atoms with E-state index in [9.17, 15) is 19.2 Å². The molecule has 3 aliphatic rings. The van der Waals surface area contributed by atoms with E-state index in [2.05, 4.69) is 0 Å². The predicted octanol–water partition coefficient (Wildman–Crippen LogP) is 8.33. The Balaban J connectivity index is 1.68. The predicted molar refractivity (Wildman–Crippen MR) is 167 cm³/mol. The molecule has 42 heavy (non-hydrogen) atoms. The van der Waals surface area contributed by atoms with Gasteiger partial charge in [0, 0.05) is 22.0 Å². The molecule has 1 aliphatic heterocycles. The van der Waals surface area contributed by atoms with E-state index < -0.39 is 55.5 Å². The molecule has 0 N–H and O–H groups in total. The number of nitrogens with zero attached hydrogens (tertiary/aromatic N) is 2. The van der Waals surface area contributed by atoms with Crippen LogP contribution in [-0.2, 0) is 9.59 Å². The Hall–Kier alpha value is -0.640. The smallest absolute Gasteiger partial charge is 0.273 e. The molecule has 16 heteroatoms. The summed E-state index contributed by atoms with van der Waals surface area (Å²) in [5.74, 6) is -6.94. The third kappa shape index (κ3) is 4.35. The van der Waals surface area contributed by atoms with E-state index in [1.165, 1.54) is 42.5 Å². The van der Waals surface area contributed by atoms with Gasteiger partial charge in [-0.1, -0.05) is 81.2 Å². The first-order valence-corrected chi connectivity index (χ1v) is 15.8. The Morgan fingerprint density at radius 3 is 1.76 bits per heavy atom. The van der Waals surface area contributed by atoms with Crippen LogP contribution in [0.15, 0.2) is 52.5 Å². The molecule has 1 saturated carbocycles. The van der Waals surface area contributed by atoms with Crippen LogP contribution in [0, 0.1) is 11.8 Å². The van der Waals surface area contributed by atoms with Gasteiger partial charge in [0.1, 0.15) is 15.8 Å². The molecule has 1 heterocycles. The average Bonchev–Trinajstić information content (AvgIpc) is 3.33. The molecule has 1 saturated heterocycles. The van der Waals surface area contributed by atoms with Crippen LogP contribution < -0.4 is 0 Å².